The Morgan fingerprint density at radius 1 is 0.900 bits per heavy atom. The normalized spacial score (nSPS) is 11.5. The van der Waals surface area contributed by atoms with Crippen molar-refractivity contribution in [3.8, 4) is 11.1 Å². The molecule has 0 fully saturated rings. The number of amides is 2. The van der Waals surface area contributed by atoms with E-state index >= 15 is 0 Å². The summed E-state index contributed by atoms with van der Waals surface area (Å²) < 4.78 is 38.8. The number of carbonyl (C=O) groups is 1. The third-order valence-corrected chi connectivity index (χ3v) is 4.90. The molecule has 0 atom stereocenters. The zero-order valence-electron chi connectivity index (χ0n) is 15.3. The first kappa shape index (κ1) is 19.8. The van der Waals surface area contributed by atoms with Crippen LogP contribution in [0.3, 0.4) is 0 Å². The van der Waals surface area contributed by atoms with Gasteiger partial charge in [-0.25, -0.2) is 4.79 Å². The van der Waals surface area contributed by atoms with E-state index in [1.54, 1.807) is 12.1 Å². The van der Waals surface area contributed by atoms with Crippen LogP contribution < -0.4 is 10.6 Å². The van der Waals surface area contributed by atoms with Crippen LogP contribution in [0.25, 0.3) is 22.0 Å². The fourth-order valence-electron chi connectivity index (χ4n) is 3.16. The van der Waals surface area contributed by atoms with Gasteiger partial charge in [0, 0.05) is 34.0 Å². The number of aromatic nitrogens is 1. The summed E-state index contributed by atoms with van der Waals surface area (Å²) in [6.45, 7) is 0. The predicted octanol–water partition coefficient (Wildman–Crippen LogP) is 7.15. The number of hydrogen-bond acceptors (Lipinski definition) is 1. The molecular weight excluding hydrogens is 415 g/mol. The number of hydrogen-bond donors (Lipinski definition) is 3. The number of benzene rings is 3. The summed E-state index contributed by atoms with van der Waals surface area (Å²) in [6, 6.07) is 17.6. The molecular formula is C22H15ClF3N3O. The number of para-hydroxylation sites is 1. The maximum atomic E-state index is 12.9. The maximum absolute atomic E-state index is 12.9. The zero-order chi connectivity index (χ0) is 21.3. The molecule has 0 spiro atoms. The van der Waals surface area contributed by atoms with Crippen LogP contribution >= 0.6 is 11.6 Å². The lowest BCUT2D eigenvalue weighted by atomic mass is 10.0. The second-order valence-corrected chi connectivity index (χ2v) is 7.00. The number of fused-ring (bicyclic) bond motifs is 1. The second-order valence-electron chi connectivity index (χ2n) is 6.60. The highest BCUT2D eigenvalue weighted by molar-refractivity contribution is 6.31. The van der Waals surface area contributed by atoms with E-state index in [9.17, 15) is 18.0 Å². The van der Waals surface area contributed by atoms with E-state index in [1.807, 2.05) is 42.6 Å². The minimum absolute atomic E-state index is 0.0142. The summed E-state index contributed by atoms with van der Waals surface area (Å²) >= 11 is 5.59. The molecule has 4 rings (SSSR count). The van der Waals surface area contributed by atoms with Crippen molar-refractivity contribution in [1.82, 2.24) is 4.98 Å². The van der Waals surface area contributed by atoms with Crippen LogP contribution in [0.1, 0.15) is 5.56 Å². The number of urea groups is 1. The molecule has 2 amide bonds. The lowest BCUT2D eigenvalue weighted by molar-refractivity contribution is -0.137. The number of rotatable bonds is 3. The van der Waals surface area contributed by atoms with Gasteiger partial charge in [0.2, 0.25) is 0 Å². The summed E-state index contributed by atoms with van der Waals surface area (Å²) in [5.41, 5.74) is 2.49. The molecule has 4 nitrogen and oxygen atoms in total. The Morgan fingerprint density at radius 2 is 1.57 bits per heavy atom. The molecule has 1 heterocycles. The molecule has 4 aromatic rings. The highest BCUT2D eigenvalue weighted by atomic mass is 35.5. The highest BCUT2D eigenvalue weighted by Gasteiger charge is 2.33. The molecule has 8 heteroatoms. The lowest BCUT2D eigenvalue weighted by Gasteiger charge is -2.12. The van der Waals surface area contributed by atoms with Crippen molar-refractivity contribution in [2.45, 2.75) is 6.18 Å². The van der Waals surface area contributed by atoms with E-state index in [-0.39, 0.29) is 5.69 Å². The van der Waals surface area contributed by atoms with E-state index in [2.05, 4.69) is 15.6 Å². The van der Waals surface area contributed by atoms with Gasteiger partial charge >= 0.3 is 12.2 Å². The quantitative estimate of drug-likeness (QED) is 0.318. The SMILES string of the molecule is O=C(Nc1ccc(-c2c[nH]c3ccccc23)cc1)Nc1ccc(Cl)c(C(F)(F)F)c1. The van der Waals surface area contributed by atoms with Crippen LogP contribution in [-0.2, 0) is 6.18 Å². The zero-order valence-corrected chi connectivity index (χ0v) is 16.1. The molecule has 3 N–H and O–H groups in total. The molecule has 1 aromatic heterocycles. The van der Waals surface area contributed by atoms with E-state index in [0.717, 1.165) is 34.2 Å². The summed E-state index contributed by atoms with van der Waals surface area (Å²) in [6.07, 6.45) is -2.69. The Labute approximate surface area is 174 Å². The third kappa shape index (κ3) is 4.11. The molecule has 3 aromatic carbocycles. The van der Waals surface area contributed by atoms with Crippen LogP contribution in [0.2, 0.25) is 5.02 Å². The van der Waals surface area contributed by atoms with Gasteiger partial charge < -0.3 is 15.6 Å². The van der Waals surface area contributed by atoms with Gasteiger partial charge in [-0.05, 0) is 42.0 Å². The van der Waals surface area contributed by atoms with Gasteiger partial charge in [0.25, 0.3) is 0 Å². The van der Waals surface area contributed by atoms with E-state index in [1.165, 1.54) is 6.07 Å². The molecule has 0 saturated carbocycles. The Kier molecular flexibility index (Phi) is 5.13. The fourth-order valence-corrected chi connectivity index (χ4v) is 3.38. The average Bonchev–Trinajstić information content (AvgIpc) is 3.13. The van der Waals surface area contributed by atoms with Crippen molar-refractivity contribution in [2.75, 3.05) is 10.6 Å². The van der Waals surface area contributed by atoms with Crippen LogP contribution in [0, 0.1) is 0 Å². The summed E-state index contributed by atoms with van der Waals surface area (Å²) in [5, 5.41) is 5.64. The van der Waals surface area contributed by atoms with Gasteiger partial charge in [0.05, 0.1) is 10.6 Å². The molecule has 30 heavy (non-hydrogen) atoms. The van der Waals surface area contributed by atoms with Crippen molar-refractivity contribution in [2.24, 2.45) is 0 Å². The van der Waals surface area contributed by atoms with E-state index in [4.69, 9.17) is 11.6 Å². The monoisotopic (exact) mass is 429 g/mol. The first-order valence-corrected chi connectivity index (χ1v) is 9.30. The van der Waals surface area contributed by atoms with Crippen molar-refractivity contribution < 1.29 is 18.0 Å². The van der Waals surface area contributed by atoms with Crippen molar-refractivity contribution >= 4 is 39.9 Å². The van der Waals surface area contributed by atoms with E-state index < -0.39 is 22.8 Å². The minimum atomic E-state index is -4.61. The van der Waals surface area contributed by atoms with Gasteiger partial charge in [0.15, 0.2) is 0 Å². The number of H-pyrrole nitrogens is 1. The molecule has 0 radical (unpaired) electrons. The number of carbonyl (C=O) groups excluding carboxylic acids is 1. The van der Waals surface area contributed by atoms with Gasteiger partial charge in [-0.1, -0.05) is 41.9 Å². The van der Waals surface area contributed by atoms with E-state index in [0.29, 0.717) is 5.69 Å². The second kappa shape index (κ2) is 7.76. The molecule has 152 valence electrons. The smallest absolute Gasteiger partial charge is 0.361 e. The summed E-state index contributed by atoms with van der Waals surface area (Å²) in [4.78, 5) is 15.4. The minimum Gasteiger partial charge on any atom is -0.361 e. The first-order chi connectivity index (χ1) is 14.3. The number of halogens is 4. The highest BCUT2D eigenvalue weighted by Crippen LogP contribution is 2.36. The Bertz CT molecular complexity index is 1220. The molecule has 0 aliphatic heterocycles. The summed E-state index contributed by atoms with van der Waals surface area (Å²) in [5.74, 6) is 0. The van der Waals surface area contributed by atoms with Crippen LogP contribution in [0.15, 0.2) is 72.9 Å². The fraction of sp³-hybridized carbons (Fsp3) is 0.0455. The van der Waals surface area contributed by atoms with Crippen LogP contribution in [0.4, 0.5) is 29.3 Å². The van der Waals surface area contributed by atoms with Gasteiger partial charge in [-0.3, -0.25) is 0 Å². The number of aromatic amines is 1. The predicted molar refractivity (Wildman–Crippen MR) is 113 cm³/mol. The van der Waals surface area contributed by atoms with Crippen LogP contribution in [0.5, 0.6) is 0 Å². The summed E-state index contributed by atoms with van der Waals surface area (Å²) in [7, 11) is 0. The lowest BCUT2D eigenvalue weighted by Crippen LogP contribution is -2.19. The Hall–Kier alpha value is -3.45. The van der Waals surface area contributed by atoms with Gasteiger partial charge in [-0.2, -0.15) is 13.2 Å². The topological polar surface area (TPSA) is 56.9 Å². The largest absolute Gasteiger partial charge is 0.417 e. The van der Waals surface area contributed by atoms with Crippen molar-refractivity contribution in [1.29, 1.82) is 0 Å². The molecule has 0 aliphatic rings. The van der Waals surface area contributed by atoms with Crippen molar-refractivity contribution in [3.05, 3.63) is 83.5 Å². The molecule has 0 saturated heterocycles. The number of nitrogens with one attached hydrogen (secondary N) is 3. The number of alkyl halides is 3. The average molecular weight is 430 g/mol. The van der Waals surface area contributed by atoms with Crippen molar-refractivity contribution in [3.63, 3.8) is 0 Å². The van der Waals surface area contributed by atoms with Crippen LogP contribution in [-0.4, -0.2) is 11.0 Å². The van der Waals surface area contributed by atoms with Gasteiger partial charge in [0.1, 0.15) is 0 Å². The van der Waals surface area contributed by atoms with Gasteiger partial charge in [-0.15, -0.1) is 0 Å². The third-order valence-electron chi connectivity index (χ3n) is 4.57. The standard InChI is InChI=1S/C22H15ClF3N3O/c23-19-10-9-15(11-18(19)22(24,25)26)29-21(30)28-14-7-5-13(6-8-14)17-12-27-20-4-2-1-3-16(17)20/h1-12,27H,(H2,28,29,30). The Morgan fingerprint density at radius 3 is 2.30 bits per heavy atom. The molecule has 0 unspecified atom stereocenters. The maximum Gasteiger partial charge on any atom is 0.417 e. The Balaban J connectivity index is 1.47. The molecule has 0 aliphatic carbocycles. The number of anilines is 2. The first-order valence-electron chi connectivity index (χ1n) is 8.92. The molecule has 0 bridgehead atoms.